The highest BCUT2D eigenvalue weighted by molar-refractivity contribution is 9.10. The van der Waals surface area contributed by atoms with Crippen molar-refractivity contribution in [2.75, 3.05) is 11.1 Å². The third-order valence-electron chi connectivity index (χ3n) is 3.05. The molecule has 0 unspecified atom stereocenters. The number of nitrogen functional groups attached to an aromatic ring is 1. The van der Waals surface area contributed by atoms with Gasteiger partial charge >= 0.3 is 0 Å². The van der Waals surface area contributed by atoms with Gasteiger partial charge in [-0.3, -0.25) is 0 Å². The van der Waals surface area contributed by atoms with Crippen LogP contribution in [-0.2, 0) is 6.42 Å². The molecule has 3 N–H and O–H groups in total. The number of halogens is 2. The van der Waals surface area contributed by atoms with E-state index in [-0.39, 0.29) is 5.82 Å². The molecule has 0 aliphatic rings. The third-order valence-corrected chi connectivity index (χ3v) is 3.54. The second-order valence-corrected chi connectivity index (χ2v) is 5.38. The average Bonchev–Trinajstić information content (AvgIpc) is 2.37. The normalized spacial score (nSPS) is 10.5. The lowest BCUT2D eigenvalue weighted by molar-refractivity contribution is 0.619. The van der Waals surface area contributed by atoms with Gasteiger partial charge in [0.2, 0.25) is 0 Å². The summed E-state index contributed by atoms with van der Waals surface area (Å²) in [6, 6.07) is 9.10. The highest BCUT2D eigenvalue weighted by atomic mass is 79.9. The molecule has 0 aromatic heterocycles. The second-order valence-electron chi connectivity index (χ2n) is 4.47. The average molecular weight is 323 g/mol. The van der Waals surface area contributed by atoms with Crippen LogP contribution in [0.3, 0.4) is 0 Å². The minimum absolute atomic E-state index is 0.283. The van der Waals surface area contributed by atoms with Crippen LogP contribution in [0.4, 0.5) is 21.5 Å². The van der Waals surface area contributed by atoms with Crippen LogP contribution in [0.1, 0.15) is 18.1 Å². The molecule has 0 saturated heterocycles. The number of aryl methyl sites for hydroxylation is 2. The lowest BCUT2D eigenvalue weighted by Gasteiger charge is -2.14. The third kappa shape index (κ3) is 3.07. The largest absolute Gasteiger partial charge is 0.397 e. The topological polar surface area (TPSA) is 38.0 Å². The maximum Gasteiger partial charge on any atom is 0.128 e. The summed E-state index contributed by atoms with van der Waals surface area (Å²) in [6.45, 7) is 3.81. The smallest absolute Gasteiger partial charge is 0.128 e. The summed E-state index contributed by atoms with van der Waals surface area (Å²) in [5, 5.41) is 3.27. The zero-order valence-electron chi connectivity index (χ0n) is 10.9. The Bertz CT molecular complexity index is 611. The maximum atomic E-state index is 13.4. The van der Waals surface area contributed by atoms with Crippen LogP contribution in [0, 0.1) is 12.7 Å². The van der Waals surface area contributed by atoms with Crippen LogP contribution < -0.4 is 11.1 Å². The monoisotopic (exact) mass is 322 g/mol. The van der Waals surface area contributed by atoms with Crippen LogP contribution in [-0.4, -0.2) is 0 Å². The zero-order valence-corrected chi connectivity index (χ0v) is 12.5. The van der Waals surface area contributed by atoms with Gasteiger partial charge in [-0.2, -0.15) is 0 Å². The second kappa shape index (κ2) is 5.61. The van der Waals surface area contributed by atoms with Gasteiger partial charge in [0.05, 0.1) is 11.4 Å². The van der Waals surface area contributed by atoms with Crippen LogP contribution in [0.2, 0.25) is 0 Å². The molecule has 100 valence electrons. The van der Waals surface area contributed by atoms with Crippen molar-refractivity contribution >= 4 is 33.0 Å². The lowest BCUT2D eigenvalue weighted by Crippen LogP contribution is -2.01. The molecule has 0 aliphatic heterocycles. The van der Waals surface area contributed by atoms with Gasteiger partial charge in [-0.1, -0.05) is 22.9 Å². The van der Waals surface area contributed by atoms with Gasteiger partial charge < -0.3 is 11.1 Å². The van der Waals surface area contributed by atoms with Crippen LogP contribution in [0.15, 0.2) is 34.8 Å². The molecule has 0 amide bonds. The van der Waals surface area contributed by atoms with E-state index in [4.69, 9.17) is 5.73 Å². The highest BCUT2D eigenvalue weighted by Gasteiger charge is 2.07. The number of benzene rings is 2. The van der Waals surface area contributed by atoms with E-state index in [1.807, 2.05) is 12.1 Å². The first-order valence-electron chi connectivity index (χ1n) is 6.12. The van der Waals surface area contributed by atoms with Gasteiger partial charge in [-0.25, -0.2) is 4.39 Å². The Kier molecular flexibility index (Phi) is 4.10. The predicted octanol–water partition coefficient (Wildman–Crippen LogP) is 4.78. The summed E-state index contributed by atoms with van der Waals surface area (Å²) in [6.07, 6.45) is 0.905. The fraction of sp³-hybridized carbons (Fsp3) is 0.200. The molecule has 0 spiro atoms. The molecule has 2 rings (SSSR count). The summed E-state index contributed by atoms with van der Waals surface area (Å²) in [5.41, 5.74) is 9.73. The summed E-state index contributed by atoms with van der Waals surface area (Å²) < 4.78 is 14.4. The first-order valence-corrected chi connectivity index (χ1v) is 6.91. The van der Waals surface area contributed by atoms with E-state index >= 15 is 0 Å². The fourth-order valence-corrected chi connectivity index (χ4v) is 2.34. The molecule has 2 aromatic rings. The number of hydrogen-bond acceptors (Lipinski definition) is 2. The molecule has 4 heteroatoms. The lowest BCUT2D eigenvalue weighted by atomic mass is 10.1. The van der Waals surface area contributed by atoms with E-state index < -0.39 is 0 Å². The molecule has 0 radical (unpaired) electrons. The van der Waals surface area contributed by atoms with Crippen molar-refractivity contribution in [3.8, 4) is 0 Å². The van der Waals surface area contributed by atoms with Crippen molar-refractivity contribution in [1.29, 1.82) is 0 Å². The van der Waals surface area contributed by atoms with Gasteiger partial charge in [-0.15, -0.1) is 0 Å². The molecule has 0 fully saturated rings. The van der Waals surface area contributed by atoms with E-state index in [2.05, 4.69) is 34.2 Å². The van der Waals surface area contributed by atoms with Crippen molar-refractivity contribution in [2.24, 2.45) is 0 Å². The number of anilines is 3. The number of rotatable bonds is 3. The van der Waals surface area contributed by atoms with E-state index in [1.165, 1.54) is 11.6 Å². The maximum absolute atomic E-state index is 13.4. The molecule has 0 aliphatic carbocycles. The molecule has 2 nitrogen and oxygen atoms in total. The molecular formula is C15H16BrFN2. The summed E-state index contributed by atoms with van der Waals surface area (Å²) in [7, 11) is 0. The molecule has 0 saturated carbocycles. The Morgan fingerprint density at radius 2 is 1.95 bits per heavy atom. The minimum Gasteiger partial charge on any atom is -0.397 e. The molecule has 2 aromatic carbocycles. The van der Waals surface area contributed by atoms with Gasteiger partial charge in [-0.05, 0) is 54.8 Å². The molecule has 0 atom stereocenters. The SMILES string of the molecule is CCc1cc(Br)ccc1Nc1cc(C)c(F)cc1N. The first-order chi connectivity index (χ1) is 9.01. The van der Waals surface area contributed by atoms with E-state index in [1.54, 1.807) is 13.0 Å². The minimum atomic E-state index is -0.283. The summed E-state index contributed by atoms with van der Waals surface area (Å²) in [5.74, 6) is -0.283. The van der Waals surface area contributed by atoms with E-state index in [0.29, 0.717) is 11.3 Å². The van der Waals surface area contributed by atoms with Gasteiger partial charge in [0.15, 0.2) is 0 Å². The highest BCUT2D eigenvalue weighted by Crippen LogP contribution is 2.29. The summed E-state index contributed by atoms with van der Waals surface area (Å²) in [4.78, 5) is 0. The Morgan fingerprint density at radius 1 is 1.21 bits per heavy atom. The van der Waals surface area contributed by atoms with Gasteiger partial charge in [0, 0.05) is 10.2 Å². The Hall–Kier alpha value is -1.55. The number of nitrogens with one attached hydrogen (secondary N) is 1. The van der Waals surface area contributed by atoms with E-state index in [0.717, 1.165) is 22.3 Å². The zero-order chi connectivity index (χ0) is 14.0. The predicted molar refractivity (Wildman–Crippen MR) is 82.4 cm³/mol. The van der Waals surface area contributed by atoms with Gasteiger partial charge in [0.25, 0.3) is 0 Å². The fourth-order valence-electron chi connectivity index (χ4n) is 1.93. The van der Waals surface area contributed by atoms with Crippen molar-refractivity contribution in [3.63, 3.8) is 0 Å². The van der Waals surface area contributed by atoms with Crippen LogP contribution in [0.25, 0.3) is 0 Å². The Balaban J connectivity index is 2.39. The van der Waals surface area contributed by atoms with E-state index in [9.17, 15) is 4.39 Å². The molecule has 0 heterocycles. The van der Waals surface area contributed by atoms with Crippen molar-refractivity contribution in [2.45, 2.75) is 20.3 Å². The Labute approximate surface area is 121 Å². The quantitative estimate of drug-likeness (QED) is 0.798. The van der Waals surface area contributed by atoms with Crippen LogP contribution >= 0.6 is 15.9 Å². The van der Waals surface area contributed by atoms with Gasteiger partial charge in [0.1, 0.15) is 5.82 Å². The Morgan fingerprint density at radius 3 is 2.63 bits per heavy atom. The molecular weight excluding hydrogens is 307 g/mol. The number of nitrogens with two attached hydrogens (primary N) is 1. The van der Waals surface area contributed by atoms with Crippen LogP contribution in [0.5, 0.6) is 0 Å². The first kappa shape index (κ1) is 13.9. The number of hydrogen-bond donors (Lipinski definition) is 2. The standard InChI is InChI=1S/C15H16BrFN2/c1-3-10-7-11(16)4-5-14(10)19-15-6-9(2)12(17)8-13(15)18/h4-8,19H,3,18H2,1-2H3. The van der Waals surface area contributed by atoms with Crippen molar-refractivity contribution in [3.05, 3.63) is 51.7 Å². The molecule has 19 heavy (non-hydrogen) atoms. The van der Waals surface area contributed by atoms with Crippen molar-refractivity contribution in [1.82, 2.24) is 0 Å². The van der Waals surface area contributed by atoms with Crippen molar-refractivity contribution < 1.29 is 4.39 Å². The molecule has 0 bridgehead atoms. The summed E-state index contributed by atoms with van der Waals surface area (Å²) >= 11 is 3.46.